The molecule has 1 aromatic heterocycles. The van der Waals surface area contributed by atoms with Gasteiger partial charge in [0.05, 0.1) is 30.1 Å². The smallest absolute Gasteiger partial charge is 0.257 e. The lowest BCUT2D eigenvalue weighted by atomic mass is 10.2. The third kappa shape index (κ3) is 4.68. The summed E-state index contributed by atoms with van der Waals surface area (Å²) in [7, 11) is 1.49. The number of aryl methyl sites for hydroxylation is 1. The van der Waals surface area contributed by atoms with Gasteiger partial charge >= 0.3 is 0 Å². The number of rotatable bonds is 7. The minimum absolute atomic E-state index is 0.283. The van der Waals surface area contributed by atoms with Gasteiger partial charge in [0.15, 0.2) is 11.5 Å². The Morgan fingerprint density at radius 1 is 1.24 bits per heavy atom. The van der Waals surface area contributed by atoms with Crippen LogP contribution in [-0.2, 0) is 0 Å². The van der Waals surface area contributed by atoms with Crippen LogP contribution in [0.25, 0.3) is 5.69 Å². The van der Waals surface area contributed by atoms with Crippen LogP contribution in [0.2, 0.25) is 5.02 Å². The summed E-state index contributed by atoms with van der Waals surface area (Å²) < 4.78 is 25.7. The number of amides is 1. The van der Waals surface area contributed by atoms with Crippen molar-refractivity contribution in [3.8, 4) is 17.2 Å². The Morgan fingerprint density at radius 3 is 2.62 bits per heavy atom. The predicted octanol–water partition coefficient (Wildman–Crippen LogP) is 5.02. The van der Waals surface area contributed by atoms with Gasteiger partial charge in [0.25, 0.3) is 5.91 Å². The normalized spacial score (nSPS) is 10.7. The van der Waals surface area contributed by atoms with E-state index >= 15 is 0 Å². The van der Waals surface area contributed by atoms with Crippen LogP contribution >= 0.6 is 11.6 Å². The maximum atomic E-state index is 13.2. The van der Waals surface area contributed by atoms with Crippen molar-refractivity contribution in [1.82, 2.24) is 9.78 Å². The number of carbonyl (C=O) groups is 1. The van der Waals surface area contributed by atoms with Crippen LogP contribution in [0.3, 0.4) is 0 Å². The number of hydrogen-bond donors (Lipinski definition) is 1. The van der Waals surface area contributed by atoms with Gasteiger partial charge in [-0.2, -0.15) is 5.10 Å². The molecule has 0 fully saturated rings. The molecule has 3 aromatic rings. The molecule has 0 aliphatic heterocycles. The van der Waals surface area contributed by atoms with Gasteiger partial charge in [0.1, 0.15) is 11.6 Å². The third-order valence-electron chi connectivity index (χ3n) is 4.09. The van der Waals surface area contributed by atoms with Gasteiger partial charge in [-0.3, -0.25) is 4.79 Å². The van der Waals surface area contributed by atoms with Crippen molar-refractivity contribution >= 4 is 23.3 Å². The Labute approximate surface area is 173 Å². The second-order valence-corrected chi connectivity index (χ2v) is 6.76. The number of anilines is 1. The van der Waals surface area contributed by atoms with Crippen molar-refractivity contribution in [2.45, 2.75) is 20.3 Å². The molecule has 3 rings (SSSR count). The molecular formula is C21H21ClFN3O3. The van der Waals surface area contributed by atoms with E-state index < -0.39 is 5.91 Å². The van der Waals surface area contributed by atoms with E-state index in [9.17, 15) is 9.18 Å². The summed E-state index contributed by atoms with van der Waals surface area (Å²) >= 11 is 6.30. The van der Waals surface area contributed by atoms with Crippen molar-refractivity contribution in [3.05, 3.63) is 64.6 Å². The van der Waals surface area contributed by atoms with Crippen LogP contribution in [0.5, 0.6) is 11.5 Å². The Hall–Kier alpha value is -3.06. The van der Waals surface area contributed by atoms with E-state index in [2.05, 4.69) is 10.4 Å². The predicted molar refractivity (Wildman–Crippen MR) is 110 cm³/mol. The van der Waals surface area contributed by atoms with Crippen molar-refractivity contribution < 1.29 is 18.7 Å². The fraction of sp³-hybridized carbons (Fsp3) is 0.238. The monoisotopic (exact) mass is 417 g/mol. The number of nitrogens with one attached hydrogen (secondary N) is 1. The number of halogens is 2. The SMILES string of the molecule is CCCOc1c(Cl)cc(C(=O)Nc2cc(C)nn2-c2ccc(F)cc2)cc1OC. The average Bonchev–Trinajstić information content (AvgIpc) is 3.07. The fourth-order valence-corrected chi connectivity index (χ4v) is 3.02. The van der Waals surface area contributed by atoms with Gasteiger partial charge < -0.3 is 14.8 Å². The molecule has 152 valence electrons. The zero-order chi connectivity index (χ0) is 21.0. The third-order valence-corrected chi connectivity index (χ3v) is 4.37. The first-order valence-corrected chi connectivity index (χ1v) is 9.45. The molecule has 6 nitrogen and oxygen atoms in total. The highest BCUT2D eigenvalue weighted by Crippen LogP contribution is 2.36. The van der Waals surface area contributed by atoms with E-state index in [1.807, 2.05) is 6.92 Å². The molecule has 0 bridgehead atoms. The number of hydrogen-bond acceptors (Lipinski definition) is 4. The number of methoxy groups -OCH3 is 1. The van der Waals surface area contributed by atoms with Crippen molar-refractivity contribution in [1.29, 1.82) is 0 Å². The minimum Gasteiger partial charge on any atom is -0.493 e. The van der Waals surface area contributed by atoms with E-state index in [0.29, 0.717) is 40.9 Å². The summed E-state index contributed by atoms with van der Waals surface area (Å²) in [5.41, 5.74) is 1.62. The van der Waals surface area contributed by atoms with Gasteiger partial charge in [-0.25, -0.2) is 9.07 Å². The molecule has 0 aliphatic rings. The summed E-state index contributed by atoms with van der Waals surface area (Å²) in [5.74, 6) is 0.477. The standard InChI is InChI=1S/C21H21ClFN3O3/c1-4-9-29-20-17(22)11-14(12-18(20)28-3)21(27)24-19-10-13(2)25-26(19)16-7-5-15(23)6-8-16/h5-8,10-12H,4,9H2,1-3H3,(H,24,27). The lowest BCUT2D eigenvalue weighted by molar-refractivity contribution is 0.102. The summed E-state index contributed by atoms with van der Waals surface area (Å²) in [4.78, 5) is 12.8. The average molecular weight is 418 g/mol. The van der Waals surface area contributed by atoms with Crippen LogP contribution in [0.1, 0.15) is 29.4 Å². The molecule has 0 saturated carbocycles. The first kappa shape index (κ1) is 20.7. The maximum Gasteiger partial charge on any atom is 0.257 e. The Balaban J connectivity index is 1.89. The summed E-state index contributed by atoms with van der Waals surface area (Å²) in [6, 6.07) is 10.6. The number of aromatic nitrogens is 2. The molecular weight excluding hydrogens is 397 g/mol. The Kier molecular flexibility index (Phi) is 6.39. The molecule has 1 amide bonds. The molecule has 0 radical (unpaired) electrons. The van der Waals surface area contributed by atoms with Gasteiger partial charge in [0, 0.05) is 11.6 Å². The summed E-state index contributed by atoms with van der Waals surface area (Å²) in [6.07, 6.45) is 0.814. The second-order valence-electron chi connectivity index (χ2n) is 6.35. The molecule has 8 heteroatoms. The quantitative estimate of drug-likeness (QED) is 0.586. The van der Waals surface area contributed by atoms with E-state index in [1.165, 1.54) is 30.0 Å². The molecule has 0 unspecified atom stereocenters. The first-order chi connectivity index (χ1) is 13.9. The molecule has 1 N–H and O–H groups in total. The highest BCUT2D eigenvalue weighted by atomic mass is 35.5. The Bertz CT molecular complexity index is 1020. The molecule has 29 heavy (non-hydrogen) atoms. The molecule has 0 aliphatic carbocycles. The highest BCUT2D eigenvalue weighted by molar-refractivity contribution is 6.32. The van der Waals surface area contributed by atoms with Crippen LogP contribution in [0.15, 0.2) is 42.5 Å². The van der Waals surface area contributed by atoms with Gasteiger partial charge in [-0.15, -0.1) is 0 Å². The molecule has 2 aromatic carbocycles. The van der Waals surface area contributed by atoms with Crippen molar-refractivity contribution in [2.24, 2.45) is 0 Å². The second kappa shape index (κ2) is 8.96. The van der Waals surface area contributed by atoms with Gasteiger partial charge in [0.2, 0.25) is 0 Å². The fourth-order valence-electron chi connectivity index (χ4n) is 2.75. The lowest BCUT2D eigenvalue weighted by Crippen LogP contribution is -2.15. The molecule has 0 saturated heterocycles. The van der Waals surface area contributed by atoms with E-state index in [4.69, 9.17) is 21.1 Å². The molecule has 0 spiro atoms. The summed E-state index contributed by atoms with van der Waals surface area (Å²) in [5, 5.41) is 7.46. The first-order valence-electron chi connectivity index (χ1n) is 9.07. The van der Waals surface area contributed by atoms with Gasteiger partial charge in [-0.1, -0.05) is 18.5 Å². The van der Waals surface area contributed by atoms with Crippen molar-refractivity contribution in [3.63, 3.8) is 0 Å². The minimum atomic E-state index is -0.393. The van der Waals surface area contributed by atoms with Crippen LogP contribution in [0, 0.1) is 12.7 Å². The van der Waals surface area contributed by atoms with Crippen molar-refractivity contribution in [2.75, 3.05) is 19.0 Å². The Morgan fingerprint density at radius 2 is 1.97 bits per heavy atom. The number of ether oxygens (including phenoxy) is 2. The zero-order valence-corrected chi connectivity index (χ0v) is 17.1. The van der Waals surface area contributed by atoms with E-state index in [0.717, 1.165) is 6.42 Å². The van der Waals surface area contributed by atoms with E-state index in [1.54, 1.807) is 31.2 Å². The zero-order valence-electron chi connectivity index (χ0n) is 16.3. The molecule has 1 heterocycles. The molecule has 0 atom stereocenters. The number of carbonyl (C=O) groups excluding carboxylic acids is 1. The largest absolute Gasteiger partial charge is 0.493 e. The van der Waals surface area contributed by atoms with E-state index in [-0.39, 0.29) is 10.8 Å². The topological polar surface area (TPSA) is 65.4 Å². The number of benzene rings is 2. The number of nitrogens with zero attached hydrogens (tertiary/aromatic N) is 2. The van der Waals surface area contributed by atoms with Gasteiger partial charge in [-0.05, 0) is 49.7 Å². The van der Waals surface area contributed by atoms with Crippen LogP contribution in [0.4, 0.5) is 10.2 Å². The maximum absolute atomic E-state index is 13.2. The highest BCUT2D eigenvalue weighted by Gasteiger charge is 2.18. The lowest BCUT2D eigenvalue weighted by Gasteiger charge is -2.14. The van der Waals surface area contributed by atoms with Crippen LogP contribution in [-0.4, -0.2) is 29.4 Å². The van der Waals surface area contributed by atoms with Crippen LogP contribution < -0.4 is 14.8 Å². The summed E-state index contributed by atoms with van der Waals surface area (Å²) in [6.45, 7) is 4.27.